The van der Waals surface area contributed by atoms with Gasteiger partial charge in [-0.15, -0.1) is 0 Å². The minimum Gasteiger partial charge on any atom is -0.367 e. The topological polar surface area (TPSA) is 141 Å². The predicted octanol–water partition coefficient (Wildman–Crippen LogP) is 1.07. The lowest BCUT2D eigenvalue weighted by molar-refractivity contribution is 0.0785. The van der Waals surface area contributed by atoms with Gasteiger partial charge in [-0.25, -0.2) is 9.13 Å². The highest BCUT2D eigenvalue weighted by molar-refractivity contribution is 7.65. The molecule has 0 heterocycles. The van der Waals surface area contributed by atoms with Crippen molar-refractivity contribution in [3.05, 3.63) is 0 Å². The summed E-state index contributed by atoms with van der Waals surface area (Å²) in [5.41, 5.74) is 0. The Bertz CT molecular complexity index is 293. The largest absolute Gasteiger partial charge is 0.519 e. The molecule has 106 valence electrons. The molecule has 0 aliphatic rings. The molecular formula is C4H16O10P3+. The molecule has 0 aromatic rings. The van der Waals surface area contributed by atoms with E-state index in [1.807, 2.05) is 0 Å². The van der Waals surface area contributed by atoms with Crippen LogP contribution in [0.2, 0.25) is 0 Å². The van der Waals surface area contributed by atoms with E-state index in [2.05, 4.69) is 22.2 Å². The van der Waals surface area contributed by atoms with E-state index in [0.717, 1.165) is 14.2 Å². The van der Waals surface area contributed by atoms with E-state index < -0.39 is 31.0 Å². The van der Waals surface area contributed by atoms with Crippen molar-refractivity contribution in [2.75, 3.05) is 21.0 Å². The molecular weight excluding hydrogens is 301 g/mol. The van der Waals surface area contributed by atoms with Gasteiger partial charge in [0, 0.05) is 7.11 Å². The SMILES string of the molecule is C.CO[PH+](OCO)OP(=O)(O)OP(=O)(O)OC. The van der Waals surface area contributed by atoms with Crippen LogP contribution in [0.3, 0.4) is 0 Å². The molecule has 10 nitrogen and oxygen atoms in total. The summed E-state index contributed by atoms with van der Waals surface area (Å²) >= 11 is 0. The fourth-order valence-electron chi connectivity index (χ4n) is 0.450. The summed E-state index contributed by atoms with van der Waals surface area (Å²) < 4.78 is 42.7. The average Bonchev–Trinajstić information content (AvgIpc) is 2.15. The van der Waals surface area contributed by atoms with E-state index in [4.69, 9.17) is 14.9 Å². The quantitative estimate of drug-likeness (QED) is 0.439. The Kier molecular flexibility index (Phi) is 10.1. The summed E-state index contributed by atoms with van der Waals surface area (Å²) in [7, 11) is -10.4. The Balaban J connectivity index is 0. The lowest BCUT2D eigenvalue weighted by Crippen LogP contribution is -1.96. The van der Waals surface area contributed by atoms with Crippen molar-refractivity contribution in [3.8, 4) is 0 Å². The van der Waals surface area contributed by atoms with Gasteiger partial charge in [-0.05, 0) is 0 Å². The second kappa shape index (κ2) is 8.63. The maximum absolute atomic E-state index is 11.1. The Labute approximate surface area is 99.6 Å². The number of hydrogen-bond acceptors (Lipinski definition) is 8. The molecule has 3 atom stereocenters. The van der Waals surface area contributed by atoms with E-state index in [0.29, 0.717) is 0 Å². The summed E-state index contributed by atoms with van der Waals surface area (Å²) in [4.78, 5) is 17.7. The van der Waals surface area contributed by atoms with E-state index in [9.17, 15) is 9.13 Å². The summed E-state index contributed by atoms with van der Waals surface area (Å²) in [5, 5.41) is 8.35. The zero-order valence-electron chi connectivity index (χ0n) is 8.30. The summed E-state index contributed by atoms with van der Waals surface area (Å²) in [6, 6.07) is 0. The summed E-state index contributed by atoms with van der Waals surface area (Å²) in [6.07, 6.45) is 0. The Hall–Kier alpha value is 0.570. The predicted molar refractivity (Wildman–Crippen MR) is 59.1 cm³/mol. The average molecular weight is 317 g/mol. The first kappa shape index (κ1) is 19.9. The molecule has 0 amide bonds. The third-order valence-electron chi connectivity index (χ3n) is 0.976. The van der Waals surface area contributed by atoms with E-state index in [1.54, 1.807) is 0 Å². The van der Waals surface area contributed by atoms with Gasteiger partial charge in [-0.3, -0.25) is 9.42 Å². The molecule has 0 aliphatic heterocycles. The highest BCUT2D eigenvalue weighted by Crippen LogP contribution is 2.65. The molecule has 0 bridgehead atoms. The monoisotopic (exact) mass is 317 g/mol. The zero-order valence-corrected chi connectivity index (χ0v) is 11.1. The molecule has 0 spiro atoms. The smallest absolute Gasteiger partial charge is 0.367 e. The van der Waals surface area contributed by atoms with Gasteiger partial charge < -0.3 is 10.00 Å². The van der Waals surface area contributed by atoms with Gasteiger partial charge in [0.05, 0.1) is 7.11 Å². The Morgan fingerprint density at radius 3 is 2.06 bits per heavy atom. The number of aliphatic hydroxyl groups excluding tert-OH is 1. The van der Waals surface area contributed by atoms with Crippen LogP contribution >= 0.6 is 24.2 Å². The van der Waals surface area contributed by atoms with Crippen molar-refractivity contribution in [2.24, 2.45) is 0 Å². The lowest BCUT2D eigenvalue weighted by atomic mass is 11.6. The maximum atomic E-state index is 11.1. The van der Waals surface area contributed by atoms with Gasteiger partial charge in [-0.1, -0.05) is 11.7 Å². The molecule has 0 aromatic carbocycles. The molecule has 0 saturated carbocycles. The number of rotatable bonds is 8. The second-order valence-electron chi connectivity index (χ2n) is 2.02. The first-order valence-electron chi connectivity index (χ1n) is 3.53. The minimum absolute atomic E-state index is 0. The van der Waals surface area contributed by atoms with Crippen LogP contribution in [0.1, 0.15) is 7.43 Å². The van der Waals surface area contributed by atoms with Gasteiger partial charge in [0.2, 0.25) is 0 Å². The molecule has 0 fully saturated rings. The highest BCUT2D eigenvalue weighted by Gasteiger charge is 2.41. The van der Waals surface area contributed by atoms with Crippen LogP contribution < -0.4 is 0 Å². The van der Waals surface area contributed by atoms with Crippen molar-refractivity contribution in [1.82, 2.24) is 0 Å². The van der Waals surface area contributed by atoms with Gasteiger partial charge in [0.15, 0.2) is 6.79 Å². The fourth-order valence-corrected chi connectivity index (χ4v) is 3.68. The standard InChI is InChI=1S/C3H11O10P3.CH4/c1-9-14(11-3-4)12-16(7,8)13-15(5,6)10-2;/h4,14H,3H2,1-2H3,(H-,5,6,7,8);1H4/p+1. The van der Waals surface area contributed by atoms with Crippen molar-refractivity contribution in [2.45, 2.75) is 7.43 Å². The molecule has 0 radical (unpaired) electrons. The van der Waals surface area contributed by atoms with Crippen molar-refractivity contribution >= 4 is 24.2 Å². The first-order valence-corrected chi connectivity index (χ1v) is 7.74. The fraction of sp³-hybridized carbons (Fsp3) is 1.00. The second-order valence-corrected chi connectivity index (χ2v) is 6.84. The number of aliphatic hydroxyl groups is 1. The number of phosphoric acid groups is 2. The lowest BCUT2D eigenvalue weighted by Gasteiger charge is -2.12. The Morgan fingerprint density at radius 2 is 1.71 bits per heavy atom. The minimum atomic E-state index is -4.89. The molecule has 17 heavy (non-hydrogen) atoms. The van der Waals surface area contributed by atoms with E-state index >= 15 is 0 Å². The van der Waals surface area contributed by atoms with Crippen LogP contribution in [0.5, 0.6) is 0 Å². The molecule has 3 N–H and O–H groups in total. The summed E-state index contributed by atoms with van der Waals surface area (Å²) in [5.74, 6) is 0. The van der Waals surface area contributed by atoms with Crippen LogP contribution in [-0.4, -0.2) is 35.9 Å². The first-order chi connectivity index (χ1) is 7.26. The highest BCUT2D eigenvalue weighted by atomic mass is 31.3. The van der Waals surface area contributed by atoms with Crippen molar-refractivity contribution in [1.29, 1.82) is 0 Å². The third kappa shape index (κ3) is 9.18. The normalized spacial score (nSPS) is 19.8. The molecule has 0 saturated heterocycles. The third-order valence-corrected chi connectivity index (χ3v) is 5.31. The van der Waals surface area contributed by atoms with Gasteiger partial charge >= 0.3 is 24.2 Å². The van der Waals surface area contributed by atoms with Crippen LogP contribution in [0.4, 0.5) is 0 Å². The van der Waals surface area contributed by atoms with Crippen molar-refractivity contribution < 1.29 is 46.2 Å². The van der Waals surface area contributed by atoms with Crippen LogP contribution in [-0.2, 0) is 31.3 Å². The Morgan fingerprint density at radius 1 is 1.18 bits per heavy atom. The van der Waals surface area contributed by atoms with Crippen LogP contribution in [0, 0.1) is 0 Å². The van der Waals surface area contributed by atoms with E-state index in [-0.39, 0.29) is 7.43 Å². The van der Waals surface area contributed by atoms with Crippen LogP contribution in [0.25, 0.3) is 0 Å². The van der Waals surface area contributed by atoms with Gasteiger partial charge in [-0.2, -0.15) is 13.4 Å². The molecule has 13 heteroatoms. The molecule has 0 aliphatic carbocycles. The van der Waals surface area contributed by atoms with Crippen LogP contribution in [0.15, 0.2) is 0 Å². The van der Waals surface area contributed by atoms with Crippen molar-refractivity contribution in [3.63, 3.8) is 0 Å². The van der Waals surface area contributed by atoms with Gasteiger partial charge in [0.1, 0.15) is 0 Å². The molecule has 3 unspecified atom stereocenters. The molecule has 0 aromatic heterocycles. The number of hydrogen-bond donors (Lipinski definition) is 3. The van der Waals surface area contributed by atoms with Gasteiger partial charge in [0.25, 0.3) is 0 Å². The number of phosphoric ester groups is 1. The molecule has 0 rings (SSSR count). The van der Waals surface area contributed by atoms with E-state index in [1.165, 1.54) is 0 Å². The zero-order chi connectivity index (χ0) is 12.8. The maximum Gasteiger partial charge on any atom is 0.519 e. The summed E-state index contributed by atoms with van der Waals surface area (Å²) in [6.45, 7) is -0.816.